The molecule has 0 bridgehead atoms. The highest BCUT2D eigenvalue weighted by Gasteiger charge is 2.21. The average molecular weight is 548 g/mol. The average Bonchev–Trinajstić information content (AvgIpc) is 2.72. The van der Waals surface area contributed by atoms with Crippen LogP contribution in [0.25, 0.3) is 0 Å². The normalized spacial score (nSPS) is 19.0. The Labute approximate surface area is 203 Å². The van der Waals surface area contributed by atoms with E-state index in [-0.39, 0.29) is 35.9 Å². The smallest absolute Gasteiger partial charge is 0.194 e. The Morgan fingerprint density at radius 3 is 2.42 bits per heavy atom. The summed E-state index contributed by atoms with van der Waals surface area (Å²) in [6.45, 7) is 14.5. The van der Waals surface area contributed by atoms with Crippen molar-refractivity contribution in [3.8, 4) is 0 Å². The van der Waals surface area contributed by atoms with Crippen molar-refractivity contribution in [2.24, 2.45) is 10.9 Å². The molecule has 0 radical (unpaired) electrons. The molecule has 31 heavy (non-hydrogen) atoms. The molecule has 6 nitrogen and oxygen atoms in total. The van der Waals surface area contributed by atoms with Gasteiger partial charge in [-0.1, -0.05) is 19.9 Å². The van der Waals surface area contributed by atoms with Gasteiger partial charge >= 0.3 is 0 Å². The number of nitrogens with one attached hydrogen (secondary N) is 1. The van der Waals surface area contributed by atoms with Crippen molar-refractivity contribution in [3.63, 3.8) is 0 Å². The van der Waals surface area contributed by atoms with Crippen molar-refractivity contribution in [2.75, 3.05) is 57.3 Å². The van der Waals surface area contributed by atoms with Gasteiger partial charge in [0.05, 0.1) is 18.3 Å². The third-order valence-electron chi connectivity index (χ3n) is 5.86. The summed E-state index contributed by atoms with van der Waals surface area (Å²) in [6.07, 6.45) is 1.14. The van der Waals surface area contributed by atoms with E-state index >= 15 is 0 Å². The lowest BCUT2D eigenvalue weighted by molar-refractivity contribution is 0.145. The number of piperazine rings is 1. The van der Waals surface area contributed by atoms with Gasteiger partial charge in [-0.15, -0.1) is 24.0 Å². The molecule has 0 saturated carbocycles. The fourth-order valence-electron chi connectivity index (χ4n) is 4.26. The van der Waals surface area contributed by atoms with E-state index in [4.69, 9.17) is 4.99 Å². The van der Waals surface area contributed by atoms with E-state index in [0.29, 0.717) is 44.1 Å². The minimum absolute atomic E-state index is 0. The van der Waals surface area contributed by atoms with E-state index in [1.54, 1.807) is 6.07 Å². The lowest BCUT2D eigenvalue weighted by Gasteiger charge is -2.37. The van der Waals surface area contributed by atoms with Gasteiger partial charge in [0.15, 0.2) is 5.96 Å². The number of piperidine rings is 1. The summed E-state index contributed by atoms with van der Waals surface area (Å²) in [4.78, 5) is 11.6. The van der Waals surface area contributed by atoms with Gasteiger partial charge in [-0.05, 0) is 43.4 Å². The number of aliphatic hydroxyl groups excluding tert-OH is 1. The maximum Gasteiger partial charge on any atom is 0.194 e. The molecule has 2 heterocycles. The number of aliphatic imine (C=N–C) groups is 1. The van der Waals surface area contributed by atoms with Crippen LogP contribution in [0.4, 0.5) is 10.1 Å². The largest absolute Gasteiger partial charge is 0.393 e. The van der Waals surface area contributed by atoms with Gasteiger partial charge in [0.2, 0.25) is 0 Å². The highest BCUT2D eigenvalue weighted by atomic mass is 127. The molecule has 2 N–H and O–H groups in total. The highest BCUT2D eigenvalue weighted by Crippen LogP contribution is 2.24. The third kappa shape index (κ3) is 7.75. The van der Waals surface area contributed by atoms with Crippen LogP contribution in [-0.2, 0) is 6.54 Å². The summed E-state index contributed by atoms with van der Waals surface area (Å²) >= 11 is 0. The summed E-state index contributed by atoms with van der Waals surface area (Å²) in [5.41, 5.74) is 1.50. The molecule has 3 rings (SSSR count). The van der Waals surface area contributed by atoms with Crippen LogP contribution < -0.4 is 10.2 Å². The molecule has 0 aliphatic carbocycles. The Bertz CT molecular complexity index is 701. The maximum absolute atomic E-state index is 14.7. The Kier molecular flexibility index (Phi) is 10.8. The Morgan fingerprint density at radius 2 is 1.84 bits per heavy atom. The van der Waals surface area contributed by atoms with E-state index in [9.17, 15) is 9.50 Å². The molecule has 176 valence electrons. The van der Waals surface area contributed by atoms with Crippen LogP contribution in [0.3, 0.4) is 0 Å². The summed E-state index contributed by atoms with van der Waals surface area (Å²) in [5, 5.41) is 13.1. The molecule has 1 aromatic rings. The quantitative estimate of drug-likeness (QED) is 0.326. The molecule has 0 amide bonds. The second-order valence-corrected chi connectivity index (χ2v) is 8.86. The van der Waals surface area contributed by atoms with E-state index in [2.05, 4.69) is 35.9 Å². The zero-order valence-corrected chi connectivity index (χ0v) is 21.5. The molecule has 0 unspecified atom stereocenters. The number of nitrogens with zero attached hydrogens (tertiary/aromatic N) is 4. The zero-order valence-electron chi connectivity index (χ0n) is 19.2. The van der Waals surface area contributed by atoms with E-state index < -0.39 is 0 Å². The van der Waals surface area contributed by atoms with Gasteiger partial charge in [-0.25, -0.2) is 9.38 Å². The zero-order chi connectivity index (χ0) is 21.5. The van der Waals surface area contributed by atoms with Crippen LogP contribution in [0.15, 0.2) is 23.2 Å². The van der Waals surface area contributed by atoms with Crippen LogP contribution in [-0.4, -0.2) is 79.3 Å². The molecule has 0 atom stereocenters. The number of anilines is 1. The predicted molar refractivity (Wildman–Crippen MR) is 137 cm³/mol. The standard InChI is InChI=1S/C23H38FN5O.HI/c1-4-25-23(29-13-11-27(12-14-29)17-18(2)3)26-16-19-5-6-22(21(24)15-19)28-9-7-20(30)8-10-28;/h5-6,15,18,20,30H,4,7-14,16-17H2,1-3H3,(H,25,26);1H. The first-order valence-electron chi connectivity index (χ1n) is 11.4. The van der Waals surface area contributed by atoms with Crippen molar-refractivity contribution >= 4 is 35.6 Å². The number of halogens is 2. The first-order chi connectivity index (χ1) is 14.5. The Hall–Kier alpha value is -1.13. The number of aliphatic hydroxyl groups is 1. The van der Waals surface area contributed by atoms with Gasteiger partial charge in [-0.3, -0.25) is 4.90 Å². The number of hydrogen-bond acceptors (Lipinski definition) is 4. The lowest BCUT2D eigenvalue weighted by Crippen LogP contribution is -2.53. The fourth-order valence-corrected chi connectivity index (χ4v) is 4.26. The van der Waals surface area contributed by atoms with E-state index in [1.165, 1.54) is 0 Å². The summed E-state index contributed by atoms with van der Waals surface area (Å²) in [6, 6.07) is 5.43. The molecular weight excluding hydrogens is 508 g/mol. The SMILES string of the molecule is CCNC(=NCc1ccc(N2CCC(O)CC2)c(F)c1)N1CCN(CC(C)C)CC1.I. The van der Waals surface area contributed by atoms with Gasteiger partial charge in [0.1, 0.15) is 5.82 Å². The van der Waals surface area contributed by atoms with Gasteiger partial charge < -0.3 is 20.2 Å². The Balaban J connectivity index is 0.00000341. The number of guanidine groups is 1. The molecule has 2 aliphatic heterocycles. The number of rotatable bonds is 6. The first-order valence-corrected chi connectivity index (χ1v) is 11.4. The minimum atomic E-state index is -0.255. The Morgan fingerprint density at radius 1 is 1.16 bits per heavy atom. The van der Waals surface area contributed by atoms with Crippen LogP contribution >= 0.6 is 24.0 Å². The number of hydrogen-bond donors (Lipinski definition) is 2. The lowest BCUT2D eigenvalue weighted by atomic mass is 10.1. The third-order valence-corrected chi connectivity index (χ3v) is 5.86. The topological polar surface area (TPSA) is 54.3 Å². The van der Waals surface area contributed by atoms with Crippen molar-refractivity contribution in [1.82, 2.24) is 15.1 Å². The summed E-state index contributed by atoms with van der Waals surface area (Å²) < 4.78 is 14.7. The number of benzene rings is 1. The molecule has 0 spiro atoms. The first kappa shape index (κ1) is 26.1. The predicted octanol–water partition coefficient (Wildman–Crippen LogP) is 3.14. The van der Waals surface area contributed by atoms with Crippen molar-refractivity contribution < 1.29 is 9.50 Å². The molecular formula is C23H39FIN5O. The maximum atomic E-state index is 14.7. The molecule has 2 aliphatic rings. The van der Waals surface area contributed by atoms with Crippen LogP contribution in [0.2, 0.25) is 0 Å². The van der Waals surface area contributed by atoms with Crippen LogP contribution in [0.1, 0.15) is 39.2 Å². The van der Waals surface area contributed by atoms with E-state index in [1.807, 2.05) is 17.0 Å². The van der Waals surface area contributed by atoms with Gasteiger partial charge in [0.25, 0.3) is 0 Å². The highest BCUT2D eigenvalue weighted by molar-refractivity contribution is 14.0. The summed E-state index contributed by atoms with van der Waals surface area (Å²) in [7, 11) is 0. The van der Waals surface area contributed by atoms with E-state index in [0.717, 1.165) is 50.8 Å². The second-order valence-electron chi connectivity index (χ2n) is 8.86. The van der Waals surface area contributed by atoms with Crippen molar-refractivity contribution in [1.29, 1.82) is 0 Å². The minimum Gasteiger partial charge on any atom is -0.393 e. The van der Waals surface area contributed by atoms with Gasteiger partial charge in [-0.2, -0.15) is 0 Å². The molecule has 2 fully saturated rings. The van der Waals surface area contributed by atoms with Crippen LogP contribution in [0, 0.1) is 11.7 Å². The fraction of sp³-hybridized carbons (Fsp3) is 0.696. The molecule has 1 aromatic carbocycles. The summed E-state index contributed by atoms with van der Waals surface area (Å²) in [5.74, 6) is 1.40. The molecule has 2 saturated heterocycles. The van der Waals surface area contributed by atoms with Gasteiger partial charge in [0, 0.05) is 52.4 Å². The van der Waals surface area contributed by atoms with Crippen molar-refractivity contribution in [2.45, 2.75) is 46.3 Å². The second kappa shape index (κ2) is 12.8. The monoisotopic (exact) mass is 547 g/mol. The molecule has 0 aromatic heterocycles. The molecule has 8 heteroatoms. The van der Waals surface area contributed by atoms with Crippen LogP contribution in [0.5, 0.6) is 0 Å². The van der Waals surface area contributed by atoms with Crippen molar-refractivity contribution in [3.05, 3.63) is 29.6 Å².